The van der Waals surface area contributed by atoms with E-state index in [1.807, 2.05) is 32.0 Å². The van der Waals surface area contributed by atoms with Crippen molar-refractivity contribution >= 4 is 40.6 Å². The summed E-state index contributed by atoms with van der Waals surface area (Å²) in [6, 6.07) is 12.2. The molecule has 0 spiro atoms. The van der Waals surface area contributed by atoms with Crippen molar-refractivity contribution in [3.8, 4) is 11.5 Å². The second-order valence-electron chi connectivity index (χ2n) is 7.66. The molecule has 0 radical (unpaired) electrons. The minimum atomic E-state index is -0.283. The Labute approximate surface area is 200 Å². The summed E-state index contributed by atoms with van der Waals surface area (Å²) in [7, 11) is 0. The van der Waals surface area contributed by atoms with Gasteiger partial charge in [0.1, 0.15) is 10.7 Å². The van der Waals surface area contributed by atoms with Gasteiger partial charge in [-0.15, -0.1) is 11.3 Å². The predicted octanol–water partition coefficient (Wildman–Crippen LogP) is 4.90. The van der Waals surface area contributed by atoms with Gasteiger partial charge < -0.3 is 25.0 Å². The van der Waals surface area contributed by atoms with Crippen LogP contribution in [-0.2, 0) is 13.1 Å². The van der Waals surface area contributed by atoms with Crippen LogP contribution in [0, 0.1) is 0 Å². The first-order valence-electron chi connectivity index (χ1n) is 10.3. The topological polar surface area (TPSA) is 92.8 Å². The fourth-order valence-corrected chi connectivity index (χ4v) is 4.17. The maximum absolute atomic E-state index is 12.8. The van der Waals surface area contributed by atoms with Crippen molar-refractivity contribution in [3.05, 3.63) is 69.1 Å². The first kappa shape index (κ1) is 22.9. The Morgan fingerprint density at radius 2 is 2.00 bits per heavy atom. The Morgan fingerprint density at radius 1 is 1.18 bits per heavy atom. The second-order valence-corrected chi connectivity index (χ2v) is 9.04. The third kappa shape index (κ3) is 5.74. The summed E-state index contributed by atoms with van der Waals surface area (Å²) in [5.74, 6) is 1.08. The summed E-state index contributed by atoms with van der Waals surface area (Å²) in [6.07, 6.45) is 0. The van der Waals surface area contributed by atoms with Crippen LogP contribution < -0.4 is 20.1 Å². The number of hydrogen-bond donors (Lipinski definition) is 2. The Bertz CT molecular complexity index is 1170. The number of nitrogens with one attached hydrogen (secondary N) is 2. The van der Waals surface area contributed by atoms with Gasteiger partial charge in [0.15, 0.2) is 11.5 Å². The zero-order chi connectivity index (χ0) is 23.4. The van der Waals surface area contributed by atoms with Gasteiger partial charge in [-0.25, -0.2) is 9.78 Å². The lowest BCUT2D eigenvalue weighted by molar-refractivity contribution is 0.0946. The number of hydrogen-bond acceptors (Lipinski definition) is 6. The third-order valence-electron chi connectivity index (χ3n) is 4.94. The van der Waals surface area contributed by atoms with Gasteiger partial charge in [0, 0.05) is 28.7 Å². The molecule has 0 atom stereocenters. The molecule has 8 nitrogen and oxygen atoms in total. The minimum Gasteiger partial charge on any atom is -0.454 e. The maximum atomic E-state index is 12.8. The number of anilines is 1. The number of fused-ring (bicyclic) bond motifs is 1. The second kappa shape index (κ2) is 10.1. The highest BCUT2D eigenvalue weighted by Crippen LogP contribution is 2.32. The Hall–Kier alpha value is -3.30. The van der Waals surface area contributed by atoms with Gasteiger partial charge in [-0.2, -0.15) is 0 Å². The molecule has 1 aliphatic rings. The molecule has 0 fully saturated rings. The van der Waals surface area contributed by atoms with E-state index < -0.39 is 0 Å². The molecule has 172 valence electrons. The average molecular weight is 487 g/mol. The molecule has 4 rings (SSSR count). The van der Waals surface area contributed by atoms with Crippen LogP contribution in [0.5, 0.6) is 11.5 Å². The zero-order valence-corrected chi connectivity index (χ0v) is 19.7. The number of halogens is 1. The van der Waals surface area contributed by atoms with Crippen molar-refractivity contribution in [2.45, 2.75) is 33.0 Å². The fourth-order valence-electron chi connectivity index (χ4n) is 3.21. The van der Waals surface area contributed by atoms with Gasteiger partial charge in [0.05, 0.1) is 6.54 Å². The molecule has 0 aliphatic carbocycles. The van der Waals surface area contributed by atoms with Crippen LogP contribution >= 0.6 is 22.9 Å². The molecule has 3 aromatic rings. The number of thiazole rings is 1. The van der Waals surface area contributed by atoms with Crippen molar-refractivity contribution < 1.29 is 19.1 Å². The van der Waals surface area contributed by atoms with Crippen molar-refractivity contribution in [2.75, 3.05) is 12.1 Å². The number of rotatable bonds is 7. The van der Waals surface area contributed by atoms with E-state index >= 15 is 0 Å². The number of amides is 3. The third-order valence-corrected chi connectivity index (χ3v) is 6.01. The van der Waals surface area contributed by atoms with Crippen LogP contribution in [0.4, 0.5) is 10.5 Å². The highest BCUT2D eigenvalue weighted by Gasteiger charge is 2.20. The van der Waals surface area contributed by atoms with Crippen molar-refractivity contribution in [1.29, 1.82) is 0 Å². The summed E-state index contributed by atoms with van der Waals surface area (Å²) in [4.78, 5) is 31.4. The highest BCUT2D eigenvalue weighted by atomic mass is 35.5. The summed E-state index contributed by atoms with van der Waals surface area (Å²) < 4.78 is 10.7. The van der Waals surface area contributed by atoms with Gasteiger partial charge in [-0.1, -0.05) is 23.7 Å². The Kier molecular flexibility index (Phi) is 7.00. The van der Waals surface area contributed by atoms with E-state index in [0.29, 0.717) is 39.5 Å². The average Bonchev–Trinajstić information content (AvgIpc) is 3.44. The molecule has 2 heterocycles. The molecule has 1 aliphatic heterocycles. The zero-order valence-electron chi connectivity index (χ0n) is 18.1. The number of carbonyl (C=O) groups excluding carboxylic acids is 2. The van der Waals surface area contributed by atoms with Crippen LogP contribution in [0.1, 0.15) is 34.9 Å². The molecule has 10 heteroatoms. The summed E-state index contributed by atoms with van der Waals surface area (Å²) in [6.45, 7) is 4.66. The molecule has 0 saturated carbocycles. The molecule has 2 N–H and O–H groups in total. The monoisotopic (exact) mass is 486 g/mol. The van der Waals surface area contributed by atoms with E-state index in [0.717, 1.165) is 5.56 Å². The van der Waals surface area contributed by atoms with Crippen molar-refractivity contribution in [1.82, 2.24) is 15.2 Å². The van der Waals surface area contributed by atoms with E-state index in [9.17, 15) is 9.59 Å². The van der Waals surface area contributed by atoms with Crippen molar-refractivity contribution in [3.63, 3.8) is 0 Å². The van der Waals surface area contributed by atoms with Gasteiger partial charge in [-0.05, 0) is 49.7 Å². The molecule has 1 aromatic heterocycles. The number of nitrogens with zero attached hydrogens (tertiary/aromatic N) is 2. The SMILES string of the molecule is CC(C)N(Cc1nc(C(=O)NCc2ccc3c(c2)OCO3)cs1)C(=O)Nc1cccc(Cl)c1. The van der Waals surface area contributed by atoms with E-state index in [-0.39, 0.29) is 31.3 Å². The summed E-state index contributed by atoms with van der Waals surface area (Å²) in [5, 5.41) is 8.61. The van der Waals surface area contributed by atoms with E-state index in [1.165, 1.54) is 11.3 Å². The molecule has 33 heavy (non-hydrogen) atoms. The van der Waals surface area contributed by atoms with E-state index in [4.69, 9.17) is 21.1 Å². The smallest absolute Gasteiger partial charge is 0.322 e. The number of carbonyl (C=O) groups is 2. The summed E-state index contributed by atoms with van der Waals surface area (Å²) in [5.41, 5.74) is 1.82. The number of aromatic nitrogens is 1. The standard InChI is InChI=1S/C23H23ClN4O4S/c1-14(2)28(23(30)26-17-5-3-4-16(24)9-17)11-21-27-18(12-33-21)22(29)25-10-15-6-7-19-20(8-15)32-13-31-19/h3-9,12,14H,10-11,13H2,1-2H3,(H,25,29)(H,26,30). The lowest BCUT2D eigenvalue weighted by atomic mass is 10.2. The number of ether oxygens (including phenoxy) is 2. The van der Waals surface area contributed by atoms with Crippen LogP contribution in [-0.4, -0.2) is 34.7 Å². The Balaban J connectivity index is 1.35. The van der Waals surface area contributed by atoms with E-state index in [2.05, 4.69) is 15.6 Å². The number of benzene rings is 2. The van der Waals surface area contributed by atoms with Crippen LogP contribution in [0.3, 0.4) is 0 Å². The van der Waals surface area contributed by atoms with Crippen LogP contribution in [0.2, 0.25) is 5.02 Å². The van der Waals surface area contributed by atoms with Gasteiger partial charge in [-0.3, -0.25) is 4.79 Å². The van der Waals surface area contributed by atoms with Crippen LogP contribution in [0.25, 0.3) is 0 Å². The van der Waals surface area contributed by atoms with Crippen LogP contribution in [0.15, 0.2) is 47.8 Å². The largest absolute Gasteiger partial charge is 0.454 e. The summed E-state index contributed by atoms with van der Waals surface area (Å²) >= 11 is 7.34. The molecular formula is C23H23ClN4O4S. The fraction of sp³-hybridized carbons (Fsp3) is 0.261. The normalized spacial score (nSPS) is 12.0. The molecule has 0 bridgehead atoms. The maximum Gasteiger partial charge on any atom is 0.322 e. The molecular weight excluding hydrogens is 464 g/mol. The molecule has 0 unspecified atom stereocenters. The van der Waals surface area contributed by atoms with E-state index in [1.54, 1.807) is 34.5 Å². The first-order chi connectivity index (χ1) is 15.9. The lowest BCUT2D eigenvalue weighted by Crippen LogP contribution is -2.39. The molecule has 2 aromatic carbocycles. The van der Waals surface area contributed by atoms with Crippen molar-refractivity contribution in [2.24, 2.45) is 0 Å². The Morgan fingerprint density at radius 3 is 2.79 bits per heavy atom. The quantitative estimate of drug-likeness (QED) is 0.495. The number of urea groups is 1. The van der Waals surface area contributed by atoms with Gasteiger partial charge in [0.25, 0.3) is 5.91 Å². The minimum absolute atomic E-state index is 0.0728. The first-order valence-corrected chi connectivity index (χ1v) is 11.6. The highest BCUT2D eigenvalue weighted by molar-refractivity contribution is 7.09. The predicted molar refractivity (Wildman–Crippen MR) is 127 cm³/mol. The molecule has 3 amide bonds. The van der Waals surface area contributed by atoms with Gasteiger partial charge in [0.2, 0.25) is 6.79 Å². The molecule has 0 saturated heterocycles. The lowest BCUT2D eigenvalue weighted by Gasteiger charge is -2.26. The van der Waals surface area contributed by atoms with Gasteiger partial charge >= 0.3 is 6.03 Å².